The number of benzene rings is 1. The number of rotatable bonds is 5. The van der Waals surface area contributed by atoms with Gasteiger partial charge >= 0.3 is 0 Å². The Morgan fingerprint density at radius 2 is 2.03 bits per heavy atom. The number of hydrogen-bond donors (Lipinski definition) is 2. The van der Waals surface area contributed by atoms with E-state index in [2.05, 4.69) is 57.8 Å². The van der Waals surface area contributed by atoms with Crippen LogP contribution in [0.15, 0.2) is 42.6 Å². The standard InChI is InChI=1S/C25H33ClN4S/c1-19-7-6-14-30(17-19)23-11-10-22(16-27-23)29-24(31)28-18-25(12-3-2-4-13-25)20-8-5-9-21(26)15-20/h5,8-11,15-16,19H,2-4,6-7,12-14,17-18H2,1H3,(H2,28,29,31). The molecule has 2 fully saturated rings. The molecule has 2 aromatic rings. The van der Waals surface area contributed by atoms with Crippen LogP contribution < -0.4 is 15.5 Å². The maximum atomic E-state index is 6.30. The van der Waals surface area contributed by atoms with E-state index in [-0.39, 0.29) is 5.41 Å². The monoisotopic (exact) mass is 456 g/mol. The van der Waals surface area contributed by atoms with Gasteiger partial charge < -0.3 is 15.5 Å². The van der Waals surface area contributed by atoms with E-state index in [1.165, 1.54) is 37.7 Å². The predicted molar refractivity (Wildman–Crippen MR) is 135 cm³/mol. The average molecular weight is 457 g/mol. The van der Waals surface area contributed by atoms with E-state index in [4.69, 9.17) is 23.8 Å². The highest BCUT2D eigenvalue weighted by molar-refractivity contribution is 7.80. The smallest absolute Gasteiger partial charge is 0.170 e. The lowest BCUT2D eigenvalue weighted by Gasteiger charge is -2.38. The highest BCUT2D eigenvalue weighted by Gasteiger charge is 2.34. The van der Waals surface area contributed by atoms with Crippen LogP contribution in [-0.2, 0) is 5.41 Å². The fourth-order valence-corrected chi connectivity index (χ4v) is 5.46. The third-order valence-corrected chi connectivity index (χ3v) is 7.30. The number of anilines is 2. The van der Waals surface area contributed by atoms with Gasteiger partial charge in [-0.05, 0) is 73.6 Å². The second-order valence-corrected chi connectivity index (χ2v) is 10.1. The van der Waals surface area contributed by atoms with Crippen LogP contribution >= 0.6 is 23.8 Å². The van der Waals surface area contributed by atoms with Gasteiger partial charge in [-0.25, -0.2) is 4.98 Å². The number of aromatic nitrogens is 1. The third kappa shape index (κ3) is 5.69. The molecule has 1 aliphatic heterocycles. The fourth-order valence-electron chi connectivity index (χ4n) is 5.08. The zero-order valence-electron chi connectivity index (χ0n) is 18.4. The van der Waals surface area contributed by atoms with E-state index in [1.807, 2.05) is 12.3 Å². The number of hydrogen-bond acceptors (Lipinski definition) is 3. The molecule has 1 saturated carbocycles. The van der Waals surface area contributed by atoms with Crippen molar-refractivity contribution in [3.05, 3.63) is 53.2 Å². The largest absolute Gasteiger partial charge is 0.362 e. The van der Waals surface area contributed by atoms with Gasteiger partial charge in [-0.15, -0.1) is 0 Å². The molecule has 1 atom stereocenters. The Kier molecular flexibility index (Phi) is 7.34. The number of thiocarbonyl (C=S) groups is 1. The summed E-state index contributed by atoms with van der Waals surface area (Å²) in [6.07, 6.45) is 10.6. The molecular weight excluding hydrogens is 424 g/mol. The Balaban J connectivity index is 1.36. The van der Waals surface area contributed by atoms with Crippen LogP contribution in [0.25, 0.3) is 0 Å². The van der Waals surface area contributed by atoms with Crippen molar-refractivity contribution in [2.24, 2.45) is 5.92 Å². The molecule has 0 spiro atoms. The van der Waals surface area contributed by atoms with Crippen molar-refractivity contribution in [2.75, 3.05) is 29.9 Å². The maximum Gasteiger partial charge on any atom is 0.170 e. The van der Waals surface area contributed by atoms with Crippen molar-refractivity contribution in [2.45, 2.75) is 57.3 Å². The van der Waals surface area contributed by atoms with Crippen LogP contribution in [-0.4, -0.2) is 29.7 Å². The van der Waals surface area contributed by atoms with Crippen molar-refractivity contribution >= 4 is 40.4 Å². The number of pyridine rings is 1. The zero-order chi connectivity index (χ0) is 21.7. The molecule has 31 heavy (non-hydrogen) atoms. The SMILES string of the molecule is CC1CCCN(c2ccc(NC(=S)NCC3(c4cccc(Cl)c4)CCCCC3)cn2)C1. The Morgan fingerprint density at radius 1 is 1.19 bits per heavy atom. The van der Waals surface area contributed by atoms with E-state index in [0.29, 0.717) is 5.11 Å². The van der Waals surface area contributed by atoms with Gasteiger partial charge in [0.15, 0.2) is 5.11 Å². The summed E-state index contributed by atoms with van der Waals surface area (Å²) >= 11 is 11.9. The third-order valence-electron chi connectivity index (χ3n) is 6.82. The maximum absolute atomic E-state index is 6.30. The van der Waals surface area contributed by atoms with Gasteiger partial charge in [0.25, 0.3) is 0 Å². The van der Waals surface area contributed by atoms with Gasteiger partial charge in [-0.3, -0.25) is 0 Å². The highest BCUT2D eigenvalue weighted by atomic mass is 35.5. The molecule has 1 aromatic heterocycles. The summed E-state index contributed by atoms with van der Waals surface area (Å²) in [4.78, 5) is 7.05. The number of nitrogens with one attached hydrogen (secondary N) is 2. The first-order chi connectivity index (χ1) is 15.0. The van der Waals surface area contributed by atoms with Crippen molar-refractivity contribution < 1.29 is 0 Å². The van der Waals surface area contributed by atoms with Crippen LogP contribution in [0.2, 0.25) is 5.02 Å². The lowest BCUT2D eigenvalue weighted by molar-refractivity contribution is 0.292. The quantitative estimate of drug-likeness (QED) is 0.527. The second kappa shape index (κ2) is 10.2. The lowest BCUT2D eigenvalue weighted by Crippen LogP contribution is -2.43. The fraction of sp³-hybridized carbons (Fsp3) is 0.520. The minimum Gasteiger partial charge on any atom is -0.362 e. The molecule has 4 rings (SSSR count). The van der Waals surface area contributed by atoms with Gasteiger partial charge in [0, 0.05) is 30.1 Å². The van der Waals surface area contributed by atoms with E-state index < -0.39 is 0 Å². The second-order valence-electron chi connectivity index (χ2n) is 9.26. The summed E-state index contributed by atoms with van der Waals surface area (Å²) in [7, 11) is 0. The minimum atomic E-state index is 0.0853. The molecule has 6 heteroatoms. The molecule has 1 saturated heterocycles. The first-order valence-corrected chi connectivity index (χ1v) is 12.3. The summed E-state index contributed by atoms with van der Waals surface area (Å²) in [6.45, 7) is 5.31. The van der Waals surface area contributed by atoms with Gasteiger partial charge in [-0.1, -0.05) is 49.9 Å². The normalized spacial score (nSPS) is 20.8. The summed E-state index contributed by atoms with van der Waals surface area (Å²) in [6, 6.07) is 12.5. The molecule has 2 aliphatic rings. The van der Waals surface area contributed by atoms with E-state index >= 15 is 0 Å². The van der Waals surface area contributed by atoms with Crippen LogP contribution in [0, 0.1) is 5.92 Å². The molecule has 1 aliphatic carbocycles. The van der Waals surface area contributed by atoms with Crippen molar-refractivity contribution in [3.63, 3.8) is 0 Å². The molecule has 166 valence electrons. The molecule has 2 N–H and O–H groups in total. The minimum absolute atomic E-state index is 0.0853. The van der Waals surface area contributed by atoms with Crippen LogP contribution in [0.1, 0.15) is 57.4 Å². The number of nitrogens with zero attached hydrogens (tertiary/aromatic N) is 2. The van der Waals surface area contributed by atoms with Crippen molar-refractivity contribution in [1.82, 2.24) is 10.3 Å². The molecule has 1 unspecified atom stereocenters. The highest BCUT2D eigenvalue weighted by Crippen LogP contribution is 2.39. The average Bonchev–Trinajstić information content (AvgIpc) is 2.79. The van der Waals surface area contributed by atoms with Crippen LogP contribution in [0.3, 0.4) is 0 Å². The Hall–Kier alpha value is -1.85. The Bertz CT molecular complexity index is 879. The topological polar surface area (TPSA) is 40.2 Å². The van der Waals surface area contributed by atoms with Gasteiger partial charge in [0.2, 0.25) is 0 Å². The molecule has 2 heterocycles. The van der Waals surface area contributed by atoms with Crippen LogP contribution in [0.4, 0.5) is 11.5 Å². The molecule has 0 amide bonds. The molecule has 1 aromatic carbocycles. The molecule has 4 nitrogen and oxygen atoms in total. The Morgan fingerprint density at radius 3 is 2.74 bits per heavy atom. The van der Waals surface area contributed by atoms with Gasteiger partial charge in [-0.2, -0.15) is 0 Å². The van der Waals surface area contributed by atoms with Crippen LogP contribution in [0.5, 0.6) is 0 Å². The first kappa shape index (κ1) is 22.3. The summed E-state index contributed by atoms with van der Waals surface area (Å²) < 4.78 is 0. The number of halogens is 1. The Labute approximate surface area is 196 Å². The lowest BCUT2D eigenvalue weighted by atomic mass is 9.69. The van der Waals surface area contributed by atoms with E-state index in [1.54, 1.807) is 0 Å². The summed E-state index contributed by atoms with van der Waals surface area (Å²) in [5.74, 6) is 1.79. The zero-order valence-corrected chi connectivity index (χ0v) is 19.9. The molecule has 0 radical (unpaired) electrons. The molecular formula is C25H33ClN4S. The molecule has 0 bridgehead atoms. The van der Waals surface area contributed by atoms with E-state index in [9.17, 15) is 0 Å². The first-order valence-electron chi connectivity index (χ1n) is 11.6. The predicted octanol–water partition coefficient (Wildman–Crippen LogP) is 6.16. The summed E-state index contributed by atoms with van der Waals surface area (Å²) in [5.41, 5.74) is 2.32. The van der Waals surface area contributed by atoms with Crippen molar-refractivity contribution in [3.8, 4) is 0 Å². The van der Waals surface area contributed by atoms with Crippen molar-refractivity contribution in [1.29, 1.82) is 0 Å². The number of piperidine rings is 1. The summed E-state index contributed by atoms with van der Waals surface area (Å²) in [5, 5.41) is 8.25. The van der Waals surface area contributed by atoms with E-state index in [0.717, 1.165) is 54.9 Å². The van der Waals surface area contributed by atoms with Gasteiger partial charge in [0.05, 0.1) is 11.9 Å². The van der Waals surface area contributed by atoms with Gasteiger partial charge in [0.1, 0.15) is 5.82 Å².